The molecule has 1 saturated heterocycles. The Morgan fingerprint density at radius 3 is 2.75 bits per heavy atom. The number of nitrogens with one attached hydrogen (secondary N) is 3. The predicted octanol–water partition coefficient (Wildman–Crippen LogP) is 0.795. The molecule has 1 amide bonds. The van der Waals surface area contributed by atoms with Gasteiger partial charge in [-0.05, 0) is 36.1 Å². The van der Waals surface area contributed by atoms with Gasteiger partial charge in [0.05, 0.1) is 5.69 Å². The Labute approximate surface area is 138 Å². The molecule has 1 saturated carbocycles. The Morgan fingerprint density at radius 1 is 1.12 bits per heavy atom. The number of ether oxygens (including phenoxy) is 2. The number of piperidine rings is 1. The molecular weight excluding hydrogens is 308 g/mol. The highest BCUT2D eigenvalue weighted by Crippen LogP contribution is 2.41. The zero-order valence-corrected chi connectivity index (χ0v) is 13.0. The summed E-state index contributed by atoms with van der Waals surface area (Å²) < 4.78 is 11.1. The fourth-order valence-corrected chi connectivity index (χ4v) is 3.65. The van der Waals surface area contributed by atoms with Crippen LogP contribution in [-0.2, 0) is 0 Å². The fraction of sp³-hybridized carbons (Fsp3) is 0.412. The molecule has 7 heteroatoms. The molecule has 0 spiro atoms. The third kappa shape index (κ3) is 2.24. The minimum Gasteiger partial charge on any atom is -0.486 e. The summed E-state index contributed by atoms with van der Waals surface area (Å²) in [5, 5.41) is 13.5. The van der Waals surface area contributed by atoms with E-state index in [1.807, 2.05) is 18.2 Å². The maximum absolute atomic E-state index is 12.4. The van der Waals surface area contributed by atoms with E-state index in [-0.39, 0.29) is 5.91 Å². The summed E-state index contributed by atoms with van der Waals surface area (Å²) in [6.45, 7) is 3.11. The lowest BCUT2D eigenvalue weighted by Crippen LogP contribution is -2.32. The highest BCUT2D eigenvalue weighted by molar-refractivity contribution is 5.93. The highest BCUT2D eigenvalue weighted by atomic mass is 16.6. The second kappa shape index (κ2) is 5.24. The van der Waals surface area contributed by atoms with Gasteiger partial charge in [0.15, 0.2) is 11.5 Å². The highest BCUT2D eigenvalue weighted by Gasteiger charge is 2.53. The van der Waals surface area contributed by atoms with Gasteiger partial charge in [-0.2, -0.15) is 5.10 Å². The van der Waals surface area contributed by atoms with Crippen molar-refractivity contribution in [3.63, 3.8) is 0 Å². The van der Waals surface area contributed by atoms with Crippen molar-refractivity contribution in [2.75, 3.05) is 26.3 Å². The van der Waals surface area contributed by atoms with E-state index in [1.54, 1.807) is 6.07 Å². The number of rotatable bonds is 3. The topological polar surface area (TPSA) is 88.3 Å². The third-order valence-corrected chi connectivity index (χ3v) is 5.05. The van der Waals surface area contributed by atoms with E-state index in [4.69, 9.17) is 9.47 Å². The first kappa shape index (κ1) is 13.9. The van der Waals surface area contributed by atoms with Gasteiger partial charge in [-0.15, -0.1) is 0 Å². The number of nitrogens with zero attached hydrogens (tertiary/aromatic N) is 1. The van der Waals surface area contributed by atoms with Gasteiger partial charge in [0, 0.05) is 24.7 Å². The summed E-state index contributed by atoms with van der Waals surface area (Å²) in [5.41, 5.74) is 2.09. The van der Waals surface area contributed by atoms with Crippen LogP contribution in [0.25, 0.3) is 11.3 Å². The largest absolute Gasteiger partial charge is 0.486 e. The van der Waals surface area contributed by atoms with E-state index in [2.05, 4.69) is 20.8 Å². The maximum Gasteiger partial charge on any atom is 0.269 e. The summed E-state index contributed by atoms with van der Waals surface area (Å²) in [4.78, 5) is 12.4. The van der Waals surface area contributed by atoms with Crippen molar-refractivity contribution in [2.45, 2.75) is 6.04 Å². The van der Waals surface area contributed by atoms with Crippen molar-refractivity contribution in [1.82, 2.24) is 20.8 Å². The summed E-state index contributed by atoms with van der Waals surface area (Å²) in [6.07, 6.45) is 0. The molecule has 1 unspecified atom stereocenters. The van der Waals surface area contributed by atoms with E-state index in [1.165, 1.54) is 0 Å². The standard InChI is InChI=1S/C17H18N4O3/c22-17(19-16-10-7-18-8-11(10)16)13-6-12(20-21-13)9-1-2-14-15(5-9)24-4-3-23-14/h1-2,5-6,10-11,16,18H,3-4,7-8H2,(H,19,22)(H,20,21)/t10-,11+,16?. The van der Waals surface area contributed by atoms with Crippen molar-refractivity contribution in [3.05, 3.63) is 30.0 Å². The molecule has 3 aliphatic rings. The van der Waals surface area contributed by atoms with Crippen LogP contribution in [0.15, 0.2) is 24.3 Å². The molecule has 3 heterocycles. The van der Waals surface area contributed by atoms with Crippen molar-refractivity contribution in [2.24, 2.45) is 11.8 Å². The van der Waals surface area contributed by atoms with Crippen molar-refractivity contribution >= 4 is 5.91 Å². The van der Waals surface area contributed by atoms with Crippen LogP contribution in [0, 0.1) is 11.8 Å². The quantitative estimate of drug-likeness (QED) is 0.776. The number of carbonyl (C=O) groups excluding carboxylic acids is 1. The molecule has 2 fully saturated rings. The molecule has 2 aromatic rings. The lowest BCUT2D eigenvalue weighted by atomic mass is 10.1. The van der Waals surface area contributed by atoms with Crippen LogP contribution in [0.2, 0.25) is 0 Å². The van der Waals surface area contributed by atoms with Crippen molar-refractivity contribution < 1.29 is 14.3 Å². The Hall–Kier alpha value is -2.54. The average Bonchev–Trinajstić information content (AvgIpc) is 3.06. The number of aromatic nitrogens is 2. The lowest BCUT2D eigenvalue weighted by Gasteiger charge is -2.18. The van der Waals surface area contributed by atoms with Gasteiger partial charge in [0.25, 0.3) is 5.91 Å². The third-order valence-electron chi connectivity index (χ3n) is 5.05. The van der Waals surface area contributed by atoms with Gasteiger partial charge in [0.1, 0.15) is 18.9 Å². The Kier molecular flexibility index (Phi) is 3.02. The monoisotopic (exact) mass is 326 g/mol. The summed E-state index contributed by atoms with van der Waals surface area (Å²) in [6, 6.07) is 7.76. The summed E-state index contributed by atoms with van der Waals surface area (Å²) in [7, 11) is 0. The molecule has 1 aliphatic carbocycles. The van der Waals surface area contributed by atoms with Crippen LogP contribution in [0.3, 0.4) is 0 Å². The predicted molar refractivity (Wildman–Crippen MR) is 86.1 cm³/mol. The molecule has 24 heavy (non-hydrogen) atoms. The van der Waals surface area contributed by atoms with E-state index >= 15 is 0 Å². The first-order valence-electron chi connectivity index (χ1n) is 8.26. The van der Waals surface area contributed by atoms with Crippen LogP contribution in [0.4, 0.5) is 0 Å². The lowest BCUT2D eigenvalue weighted by molar-refractivity contribution is 0.0941. The van der Waals surface area contributed by atoms with Crippen LogP contribution < -0.4 is 20.1 Å². The number of H-pyrrole nitrogens is 1. The number of hydrogen-bond acceptors (Lipinski definition) is 5. The van der Waals surface area contributed by atoms with E-state index in [0.717, 1.165) is 30.1 Å². The average molecular weight is 326 g/mol. The van der Waals surface area contributed by atoms with Crippen LogP contribution in [0.1, 0.15) is 10.5 Å². The molecular formula is C17H18N4O3. The van der Waals surface area contributed by atoms with Crippen LogP contribution >= 0.6 is 0 Å². The smallest absolute Gasteiger partial charge is 0.269 e. The number of hydrogen-bond donors (Lipinski definition) is 3. The Balaban J connectivity index is 1.32. The van der Waals surface area contributed by atoms with Gasteiger partial charge in [-0.1, -0.05) is 0 Å². The molecule has 7 nitrogen and oxygen atoms in total. The molecule has 5 rings (SSSR count). The van der Waals surface area contributed by atoms with Gasteiger partial charge >= 0.3 is 0 Å². The fourth-order valence-electron chi connectivity index (χ4n) is 3.65. The van der Waals surface area contributed by atoms with E-state index < -0.39 is 0 Å². The number of benzene rings is 1. The van der Waals surface area contributed by atoms with Crippen molar-refractivity contribution in [3.8, 4) is 22.8 Å². The van der Waals surface area contributed by atoms with Gasteiger partial charge < -0.3 is 20.1 Å². The van der Waals surface area contributed by atoms with Gasteiger partial charge in [0.2, 0.25) is 0 Å². The summed E-state index contributed by atoms with van der Waals surface area (Å²) >= 11 is 0. The van der Waals surface area contributed by atoms with Gasteiger partial charge in [-0.25, -0.2) is 0 Å². The first-order chi connectivity index (χ1) is 11.8. The zero-order valence-electron chi connectivity index (χ0n) is 13.0. The number of fused-ring (bicyclic) bond motifs is 2. The Morgan fingerprint density at radius 2 is 1.92 bits per heavy atom. The summed E-state index contributed by atoms with van der Waals surface area (Å²) in [5.74, 6) is 2.55. The Bertz CT molecular complexity index is 793. The molecule has 1 aromatic carbocycles. The second-order valence-corrected chi connectivity index (χ2v) is 6.51. The molecule has 3 atom stereocenters. The molecule has 0 bridgehead atoms. The minimum absolute atomic E-state index is 0.0920. The van der Waals surface area contributed by atoms with Crippen molar-refractivity contribution in [1.29, 1.82) is 0 Å². The molecule has 2 aliphatic heterocycles. The minimum atomic E-state index is -0.0920. The molecule has 124 valence electrons. The SMILES string of the molecule is O=C(NC1[C@H]2CNC[C@@H]12)c1cc(-c2ccc3c(c2)OCCO3)n[nH]1. The number of carbonyl (C=O) groups is 1. The normalized spacial score (nSPS) is 26.8. The zero-order chi connectivity index (χ0) is 16.1. The molecule has 3 N–H and O–H groups in total. The molecule has 0 radical (unpaired) electrons. The van der Waals surface area contributed by atoms with Crippen LogP contribution in [-0.4, -0.2) is 48.4 Å². The van der Waals surface area contributed by atoms with E-state index in [0.29, 0.717) is 42.5 Å². The molecule has 1 aromatic heterocycles. The maximum atomic E-state index is 12.4. The second-order valence-electron chi connectivity index (χ2n) is 6.51. The number of amides is 1. The number of aromatic amines is 1. The van der Waals surface area contributed by atoms with Crippen LogP contribution in [0.5, 0.6) is 11.5 Å². The van der Waals surface area contributed by atoms with Gasteiger partial charge in [-0.3, -0.25) is 9.89 Å². The first-order valence-corrected chi connectivity index (χ1v) is 8.26. The van der Waals surface area contributed by atoms with E-state index in [9.17, 15) is 4.79 Å².